The Morgan fingerprint density at radius 2 is 2.35 bits per heavy atom. The van der Waals surface area contributed by atoms with Gasteiger partial charge in [0.1, 0.15) is 17.6 Å². The molecule has 0 saturated carbocycles. The van der Waals surface area contributed by atoms with Crippen molar-refractivity contribution in [1.82, 2.24) is 19.8 Å². The fourth-order valence-corrected chi connectivity index (χ4v) is 2.93. The molecule has 0 spiro atoms. The van der Waals surface area contributed by atoms with Gasteiger partial charge < -0.3 is 13.9 Å². The molecule has 2 aromatic heterocycles. The molecule has 0 bridgehead atoms. The van der Waals surface area contributed by atoms with Crippen molar-refractivity contribution in [3.63, 3.8) is 0 Å². The number of nitrogens with zero attached hydrogens (tertiary/aromatic N) is 3. The van der Waals surface area contributed by atoms with Crippen LogP contribution in [0.2, 0.25) is 0 Å². The smallest absolute Gasteiger partial charge is 0.133 e. The number of hydrogen-bond donors (Lipinski definition) is 1. The van der Waals surface area contributed by atoms with Crippen LogP contribution in [-0.2, 0) is 7.05 Å². The second-order valence-corrected chi connectivity index (χ2v) is 5.61. The van der Waals surface area contributed by atoms with Crippen LogP contribution in [0.3, 0.4) is 0 Å². The molecule has 0 aromatic carbocycles. The van der Waals surface area contributed by atoms with Gasteiger partial charge in [-0.2, -0.15) is 0 Å². The number of furan rings is 1. The monoisotopic (exact) mass is 274 g/mol. The highest BCUT2D eigenvalue weighted by molar-refractivity contribution is 5.16. The molecule has 0 aliphatic carbocycles. The molecule has 2 unspecified atom stereocenters. The third-order valence-corrected chi connectivity index (χ3v) is 3.97. The summed E-state index contributed by atoms with van der Waals surface area (Å²) < 4.78 is 7.66. The lowest BCUT2D eigenvalue weighted by Gasteiger charge is -2.32. The highest BCUT2D eigenvalue weighted by Crippen LogP contribution is 2.23. The van der Waals surface area contributed by atoms with Crippen molar-refractivity contribution in [3.8, 4) is 0 Å². The molecular formula is C15H22N4O. The van der Waals surface area contributed by atoms with Gasteiger partial charge in [-0.15, -0.1) is 0 Å². The summed E-state index contributed by atoms with van der Waals surface area (Å²) in [5, 5.41) is 3.71. The van der Waals surface area contributed by atoms with E-state index < -0.39 is 0 Å². The van der Waals surface area contributed by atoms with Crippen molar-refractivity contribution < 1.29 is 4.42 Å². The van der Waals surface area contributed by atoms with Crippen LogP contribution in [0.25, 0.3) is 0 Å². The Balaban J connectivity index is 1.81. The minimum absolute atomic E-state index is 0.0153. The van der Waals surface area contributed by atoms with E-state index >= 15 is 0 Å². The average Bonchev–Trinajstić information content (AvgIpc) is 3.07. The highest BCUT2D eigenvalue weighted by Gasteiger charge is 2.26. The van der Waals surface area contributed by atoms with E-state index in [1.54, 1.807) is 6.26 Å². The molecule has 2 atom stereocenters. The van der Waals surface area contributed by atoms with Crippen molar-refractivity contribution in [2.45, 2.75) is 24.9 Å². The van der Waals surface area contributed by atoms with Crippen LogP contribution in [0.15, 0.2) is 35.2 Å². The van der Waals surface area contributed by atoms with E-state index in [1.807, 2.05) is 36.1 Å². The van der Waals surface area contributed by atoms with Crippen LogP contribution in [0.1, 0.15) is 30.5 Å². The van der Waals surface area contributed by atoms with Crippen LogP contribution in [0.5, 0.6) is 0 Å². The van der Waals surface area contributed by atoms with Crippen LogP contribution in [-0.4, -0.2) is 40.6 Å². The minimum atomic E-state index is 0.0153. The summed E-state index contributed by atoms with van der Waals surface area (Å²) in [7, 11) is 4.20. The first-order chi connectivity index (χ1) is 9.74. The summed E-state index contributed by atoms with van der Waals surface area (Å²) in [5.41, 5.74) is 0. The largest absolute Gasteiger partial charge is 0.467 e. The Morgan fingerprint density at radius 3 is 3.00 bits per heavy atom. The average molecular weight is 274 g/mol. The Kier molecular flexibility index (Phi) is 3.89. The van der Waals surface area contributed by atoms with Crippen molar-refractivity contribution in [2.75, 3.05) is 20.1 Å². The van der Waals surface area contributed by atoms with E-state index in [1.165, 1.54) is 19.4 Å². The number of aromatic nitrogens is 2. The minimum Gasteiger partial charge on any atom is -0.467 e. The molecule has 1 aliphatic rings. The van der Waals surface area contributed by atoms with E-state index in [0.29, 0.717) is 6.04 Å². The quantitative estimate of drug-likeness (QED) is 0.923. The lowest BCUT2D eigenvalue weighted by molar-refractivity contribution is 0.215. The Hall–Kier alpha value is -1.59. The number of hydrogen-bond acceptors (Lipinski definition) is 4. The zero-order valence-corrected chi connectivity index (χ0v) is 12.1. The lowest BCUT2D eigenvalue weighted by Crippen LogP contribution is -2.45. The predicted molar refractivity (Wildman–Crippen MR) is 77.4 cm³/mol. The van der Waals surface area contributed by atoms with Crippen molar-refractivity contribution in [2.24, 2.45) is 7.05 Å². The molecular weight excluding hydrogens is 252 g/mol. The Bertz CT molecular complexity index is 534. The van der Waals surface area contributed by atoms with Crippen LogP contribution in [0, 0.1) is 0 Å². The summed E-state index contributed by atoms with van der Waals surface area (Å²) in [6.45, 7) is 2.26. The number of rotatable bonds is 4. The first kappa shape index (κ1) is 13.4. The van der Waals surface area contributed by atoms with Crippen molar-refractivity contribution >= 4 is 0 Å². The number of aryl methyl sites for hydroxylation is 1. The number of likely N-dealkylation sites (tertiary alicyclic amines) is 1. The molecule has 0 radical (unpaired) electrons. The Morgan fingerprint density at radius 1 is 1.45 bits per heavy atom. The molecule has 0 amide bonds. The van der Waals surface area contributed by atoms with Gasteiger partial charge in [0.05, 0.1) is 6.26 Å². The molecule has 20 heavy (non-hydrogen) atoms. The normalized spacial score (nSPS) is 22.0. The predicted octanol–water partition coefficient (Wildman–Crippen LogP) is 1.79. The fraction of sp³-hybridized carbons (Fsp3) is 0.533. The molecule has 1 N–H and O–H groups in total. The third kappa shape index (κ3) is 2.78. The zero-order valence-electron chi connectivity index (χ0n) is 12.1. The summed E-state index contributed by atoms with van der Waals surface area (Å²) in [4.78, 5) is 6.86. The molecule has 1 fully saturated rings. The summed E-state index contributed by atoms with van der Waals surface area (Å²) in [6, 6.07) is 4.43. The summed E-state index contributed by atoms with van der Waals surface area (Å²) in [6.07, 6.45) is 7.96. The molecule has 5 nitrogen and oxygen atoms in total. The summed E-state index contributed by atoms with van der Waals surface area (Å²) >= 11 is 0. The maximum atomic E-state index is 5.61. The van der Waals surface area contributed by atoms with Crippen molar-refractivity contribution in [3.05, 3.63) is 42.4 Å². The van der Waals surface area contributed by atoms with Gasteiger partial charge in [-0.3, -0.25) is 5.32 Å². The van der Waals surface area contributed by atoms with E-state index in [9.17, 15) is 0 Å². The molecule has 1 aliphatic heterocycles. The van der Waals surface area contributed by atoms with Crippen LogP contribution in [0.4, 0.5) is 0 Å². The van der Waals surface area contributed by atoms with E-state index in [0.717, 1.165) is 18.1 Å². The zero-order chi connectivity index (χ0) is 13.9. The molecule has 1 saturated heterocycles. The molecule has 3 rings (SSSR count). The number of piperidine rings is 1. The fourth-order valence-electron chi connectivity index (χ4n) is 2.93. The van der Waals surface area contributed by atoms with E-state index in [-0.39, 0.29) is 6.04 Å². The maximum absolute atomic E-state index is 5.61. The van der Waals surface area contributed by atoms with Gasteiger partial charge in [-0.1, -0.05) is 0 Å². The summed E-state index contributed by atoms with van der Waals surface area (Å²) in [5.74, 6) is 1.92. The highest BCUT2D eigenvalue weighted by atomic mass is 16.3. The topological polar surface area (TPSA) is 46.2 Å². The van der Waals surface area contributed by atoms with Gasteiger partial charge in [0.2, 0.25) is 0 Å². The first-order valence-electron chi connectivity index (χ1n) is 7.19. The second kappa shape index (κ2) is 5.81. The van der Waals surface area contributed by atoms with Gasteiger partial charge in [-0.05, 0) is 38.6 Å². The number of imidazole rings is 1. The van der Waals surface area contributed by atoms with Gasteiger partial charge in [-0.25, -0.2) is 4.98 Å². The van der Waals surface area contributed by atoms with E-state index in [2.05, 4.69) is 22.2 Å². The van der Waals surface area contributed by atoms with Gasteiger partial charge in [0.25, 0.3) is 0 Å². The molecule has 108 valence electrons. The number of nitrogens with one attached hydrogen (secondary N) is 1. The third-order valence-electron chi connectivity index (χ3n) is 3.97. The maximum Gasteiger partial charge on any atom is 0.133 e. The van der Waals surface area contributed by atoms with E-state index in [4.69, 9.17) is 4.42 Å². The van der Waals surface area contributed by atoms with Crippen LogP contribution >= 0.6 is 0 Å². The molecule has 3 heterocycles. The second-order valence-electron chi connectivity index (χ2n) is 5.61. The van der Waals surface area contributed by atoms with Gasteiger partial charge in [0, 0.05) is 32.0 Å². The first-order valence-corrected chi connectivity index (χ1v) is 7.19. The lowest BCUT2D eigenvalue weighted by atomic mass is 10.0. The van der Waals surface area contributed by atoms with Gasteiger partial charge in [0.15, 0.2) is 0 Å². The van der Waals surface area contributed by atoms with Crippen LogP contribution < -0.4 is 5.32 Å². The standard InChI is InChI=1S/C15H22N4O/c1-18-8-3-5-12(11-18)17-14(13-6-4-10-20-13)15-16-7-9-19(15)2/h4,6-7,9-10,12,14,17H,3,5,8,11H2,1-2H3. The van der Waals surface area contributed by atoms with Gasteiger partial charge >= 0.3 is 0 Å². The Labute approximate surface area is 119 Å². The molecule has 5 heteroatoms. The number of likely N-dealkylation sites (N-methyl/N-ethyl adjacent to an activating group) is 1. The SMILES string of the molecule is CN1CCCC(NC(c2ccco2)c2nccn2C)C1. The molecule has 2 aromatic rings. The van der Waals surface area contributed by atoms with Crippen molar-refractivity contribution in [1.29, 1.82) is 0 Å².